The molecule has 0 aromatic carbocycles. The van der Waals surface area contributed by atoms with Crippen LogP contribution in [-0.2, 0) is 4.74 Å². The predicted molar refractivity (Wildman–Crippen MR) is 59.3 cm³/mol. The van der Waals surface area contributed by atoms with Crippen LogP contribution in [0.4, 0.5) is 0 Å². The lowest BCUT2D eigenvalue weighted by Gasteiger charge is -2.33. The van der Waals surface area contributed by atoms with Gasteiger partial charge in [-0.25, -0.2) is 0 Å². The van der Waals surface area contributed by atoms with Crippen LogP contribution in [0.1, 0.15) is 20.3 Å². The number of hydrogen-bond donors (Lipinski definition) is 1. The van der Waals surface area contributed by atoms with E-state index in [0.717, 1.165) is 26.1 Å². The SMILES string of the molecule is C=CCN(CC1(N)CCOC1)C(C)C. The Balaban J connectivity index is 2.49. The van der Waals surface area contributed by atoms with Crippen LogP contribution in [0, 0.1) is 0 Å². The first-order valence-corrected chi connectivity index (χ1v) is 5.29. The molecule has 1 aliphatic rings. The first kappa shape index (κ1) is 11.7. The molecule has 0 amide bonds. The lowest BCUT2D eigenvalue weighted by molar-refractivity contribution is 0.145. The summed E-state index contributed by atoms with van der Waals surface area (Å²) in [4.78, 5) is 2.34. The zero-order valence-corrected chi connectivity index (χ0v) is 9.33. The van der Waals surface area contributed by atoms with E-state index in [9.17, 15) is 0 Å². The van der Waals surface area contributed by atoms with Gasteiger partial charge in [-0.05, 0) is 20.3 Å². The molecule has 1 saturated heterocycles. The molecule has 0 aromatic rings. The normalized spacial score (nSPS) is 27.5. The molecule has 1 fully saturated rings. The van der Waals surface area contributed by atoms with E-state index in [-0.39, 0.29) is 5.54 Å². The maximum absolute atomic E-state index is 6.23. The molecule has 0 saturated carbocycles. The highest BCUT2D eigenvalue weighted by Gasteiger charge is 2.32. The Morgan fingerprint density at radius 3 is 2.79 bits per heavy atom. The van der Waals surface area contributed by atoms with Gasteiger partial charge in [-0.1, -0.05) is 6.08 Å². The molecule has 2 N–H and O–H groups in total. The zero-order valence-electron chi connectivity index (χ0n) is 9.33. The number of hydrogen-bond acceptors (Lipinski definition) is 3. The molecule has 0 bridgehead atoms. The van der Waals surface area contributed by atoms with Crippen molar-refractivity contribution in [3.8, 4) is 0 Å². The summed E-state index contributed by atoms with van der Waals surface area (Å²) in [6, 6.07) is 0.508. The fraction of sp³-hybridized carbons (Fsp3) is 0.818. The van der Waals surface area contributed by atoms with Gasteiger partial charge in [-0.3, -0.25) is 4.90 Å². The second-order valence-corrected chi connectivity index (χ2v) is 4.48. The monoisotopic (exact) mass is 198 g/mol. The minimum atomic E-state index is -0.146. The van der Waals surface area contributed by atoms with E-state index in [0.29, 0.717) is 12.6 Å². The van der Waals surface area contributed by atoms with E-state index in [1.165, 1.54) is 0 Å². The number of rotatable bonds is 5. The second kappa shape index (κ2) is 4.91. The molecule has 3 nitrogen and oxygen atoms in total. The van der Waals surface area contributed by atoms with Gasteiger partial charge in [0.1, 0.15) is 0 Å². The van der Waals surface area contributed by atoms with Crippen molar-refractivity contribution in [1.82, 2.24) is 4.90 Å². The van der Waals surface area contributed by atoms with Crippen LogP contribution in [-0.4, -0.2) is 42.8 Å². The molecule has 1 aliphatic heterocycles. The van der Waals surface area contributed by atoms with E-state index in [2.05, 4.69) is 25.3 Å². The average molecular weight is 198 g/mol. The molecule has 82 valence electrons. The van der Waals surface area contributed by atoms with E-state index < -0.39 is 0 Å². The van der Waals surface area contributed by atoms with Gasteiger partial charge in [0, 0.05) is 25.7 Å². The van der Waals surface area contributed by atoms with Crippen molar-refractivity contribution in [2.24, 2.45) is 5.73 Å². The van der Waals surface area contributed by atoms with Crippen LogP contribution in [0.15, 0.2) is 12.7 Å². The van der Waals surface area contributed by atoms with Crippen LogP contribution < -0.4 is 5.73 Å². The van der Waals surface area contributed by atoms with E-state index in [1.54, 1.807) is 0 Å². The summed E-state index contributed by atoms with van der Waals surface area (Å²) in [5, 5.41) is 0. The maximum Gasteiger partial charge on any atom is 0.0659 e. The van der Waals surface area contributed by atoms with Crippen molar-refractivity contribution in [3.05, 3.63) is 12.7 Å². The molecule has 1 atom stereocenters. The van der Waals surface area contributed by atoms with Gasteiger partial charge < -0.3 is 10.5 Å². The molecule has 3 heteroatoms. The van der Waals surface area contributed by atoms with Gasteiger partial charge in [0.05, 0.1) is 12.1 Å². The summed E-state index contributed by atoms with van der Waals surface area (Å²) in [5.41, 5.74) is 6.08. The van der Waals surface area contributed by atoms with Crippen LogP contribution in [0.25, 0.3) is 0 Å². The highest BCUT2D eigenvalue weighted by molar-refractivity contribution is 4.93. The maximum atomic E-state index is 6.23. The lowest BCUT2D eigenvalue weighted by Crippen LogP contribution is -2.52. The summed E-state index contributed by atoms with van der Waals surface area (Å²) < 4.78 is 5.34. The summed E-state index contributed by atoms with van der Waals surface area (Å²) in [5.74, 6) is 0. The number of nitrogens with two attached hydrogens (primary N) is 1. The highest BCUT2D eigenvalue weighted by atomic mass is 16.5. The summed E-state index contributed by atoms with van der Waals surface area (Å²) in [6.07, 6.45) is 2.90. The number of nitrogens with zero attached hydrogens (tertiary/aromatic N) is 1. The van der Waals surface area contributed by atoms with Gasteiger partial charge in [0.15, 0.2) is 0 Å². The Bertz CT molecular complexity index is 186. The lowest BCUT2D eigenvalue weighted by atomic mass is 9.99. The Morgan fingerprint density at radius 2 is 2.36 bits per heavy atom. The quantitative estimate of drug-likeness (QED) is 0.670. The van der Waals surface area contributed by atoms with Crippen molar-refractivity contribution >= 4 is 0 Å². The van der Waals surface area contributed by atoms with Gasteiger partial charge in [0.2, 0.25) is 0 Å². The Labute approximate surface area is 86.9 Å². The summed E-state index contributed by atoms with van der Waals surface area (Å²) in [6.45, 7) is 11.4. The van der Waals surface area contributed by atoms with Crippen LogP contribution in [0.2, 0.25) is 0 Å². The van der Waals surface area contributed by atoms with Crippen molar-refractivity contribution in [3.63, 3.8) is 0 Å². The largest absolute Gasteiger partial charge is 0.379 e. The second-order valence-electron chi connectivity index (χ2n) is 4.48. The minimum Gasteiger partial charge on any atom is -0.379 e. The molecule has 1 unspecified atom stereocenters. The third-order valence-corrected chi connectivity index (χ3v) is 2.75. The van der Waals surface area contributed by atoms with Crippen LogP contribution >= 0.6 is 0 Å². The molecular formula is C11H22N2O. The predicted octanol–water partition coefficient (Wildman–Crippen LogP) is 1.00. The molecule has 0 spiro atoms. The molecule has 1 rings (SSSR count). The van der Waals surface area contributed by atoms with Crippen molar-refractivity contribution in [1.29, 1.82) is 0 Å². The zero-order chi connectivity index (χ0) is 10.6. The fourth-order valence-electron chi connectivity index (χ4n) is 1.78. The molecule has 0 aromatic heterocycles. The van der Waals surface area contributed by atoms with Crippen LogP contribution in [0.3, 0.4) is 0 Å². The molecule has 0 aliphatic carbocycles. The summed E-state index contributed by atoms with van der Waals surface area (Å²) in [7, 11) is 0. The topological polar surface area (TPSA) is 38.5 Å². The van der Waals surface area contributed by atoms with Gasteiger partial charge in [0.25, 0.3) is 0 Å². The first-order chi connectivity index (χ1) is 6.57. The van der Waals surface area contributed by atoms with Crippen molar-refractivity contribution < 1.29 is 4.74 Å². The third kappa shape index (κ3) is 3.08. The number of ether oxygens (including phenoxy) is 1. The first-order valence-electron chi connectivity index (χ1n) is 5.29. The highest BCUT2D eigenvalue weighted by Crippen LogP contribution is 2.18. The molecular weight excluding hydrogens is 176 g/mol. The van der Waals surface area contributed by atoms with E-state index in [1.807, 2.05) is 6.08 Å². The van der Waals surface area contributed by atoms with Crippen LogP contribution in [0.5, 0.6) is 0 Å². The summed E-state index contributed by atoms with van der Waals surface area (Å²) >= 11 is 0. The van der Waals surface area contributed by atoms with E-state index >= 15 is 0 Å². The minimum absolute atomic E-state index is 0.146. The van der Waals surface area contributed by atoms with Gasteiger partial charge in [-0.15, -0.1) is 6.58 Å². The standard InChI is InChI=1S/C11H22N2O/c1-4-6-13(10(2)3)8-11(12)5-7-14-9-11/h4,10H,1,5-9,12H2,2-3H3. The van der Waals surface area contributed by atoms with E-state index in [4.69, 9.17) is 10.5 Å². The van der Waals surface area contributed by atoms with Crippen molar-refractivity contribution in [2.45, 2.75) is 31.8 Å². The molecule has 14 heavy (non-hydrogen) atoms. The Hall–Kier alpha value is -0.380. The van der Waals surface area contributed by atoms with Gasteiger partial charge in [-0.2, -0.15) is 0 Å². The Morgan fingerprint density at radius 1 is 1.64 bits per heavy atom. The third-order valence-electron chi connectivity index (χ3n) is 2.75. The molecule has 1 heterocycles. The fourth-order valence-corrected chi connectivity index (χ4v) is 1.78. The van der Waals surface area contributed by atoms with Gasteiger partial charge >= 0.3 is 0 Å². The Kier molecular flexibility index (Phi) is 4.11. The molecule has 0 radical (unpaired) electrons. The average Bonchev–Trinajstić information content (AvgIpc) is 2.51. The van der Waals surface area contributed by atoms with Crippen molar-refractivity contribution in [2.75, 3.05) is 26.3 Å². The smallest absolute Gasteiger partial charge is 0.0659 e.